The molecule has 1 aliphatic heterocycles. The van der Waals surface area contributed by atoms with Crippen LogP contribution in [0.25, 0.3) is 0 Å². The van der Waals surface area contributed by atoms with Crippen molar-refractivity contribution >= 4 is 40.0 Å². The van der Waals surface area contributed by atoms with E-state index in [1.807, 2.05) is 25.7 Å². The van der Waals surface area contributed by atoms with E-state index in [-0.39, 0.29) is 17.9 Å². The lowest BCUT2D eigenvalue weighted by molar-refractivity contribution is -0.896. The standard InChI is InChI=1S/C15H26N6O2S2/c1-4-16-14-18-19-15(25-14)24-10-13(23)21-7-5-20(6-8-21)9-12(22)17-11(2)3/h11H,4-10H2,1-3H3,(H,16,18)(H,17,22)/p+1. The molecular formula is C15H27N6O2S2+. The molecule has 0 radical (unpaired) electrons. The minimum Gasteiger partial charge on any atom is -0.360 e. The zero-order chi connectivity index (χ0) is 18.2. The highest BCUT2D eigenvalue weighted by atomic mass is 32.2. The lowest BCUT2D eigenvalue weighted by Gasteiger charge is -2.31. The fourth-order valence-corrected chi connectivity index (χ4v) is 4.28. The van der Waals surface area contributed by atoms with Crippen LogP contribution in [-0.2, 0) is 9.59 Å². The maximum atomic E-state index is 12.3. The monoisotopic (exact) mass is 387 g/mol. The summed E-state index contributed by atoms with van der Waals surface area (Å²) in [6, 6.07) is 0.167. The molecule has 0 atom stereocenters. The van der Waals surface area contributed by atoms with Gasteiger partial charge < -0.3 is 20.4 Å². The first-order valence-electron chi connectivity index (χ1n) is 8.58. The highest BCUT2D eigenvalue weighted by molar-refractivity contribution is 8.01. The molecular weight excluding hydrogens is 360 g/mol. The second-order valence-electron chi connectivity index (χ2n) is 6.22. The Morgan fingerprint density at radius 2 is 2.04 bits per heavy atom. The Bertz CT molecular complexity index is 572. The van der Waals surface area contributed by atoms with Crippen LogP contribution in [-0.4, -0.2) is 78.0 Å². The first-order chi connectivity index (χ1) is 12.0. The van der Waals surface area contributed by atoms with E-state index < -0.39 is 0 Å². The second kappa shape index (κ2) is 9.93. The average Bonchev–Trinajstić information content (AvgIpc) is 3.00. The van der Waals surface area contributed by atoms with Crippen molar-refractivity contribution < 1.29 is 14.5 Å². The minimum absolute atomic E-state index is 0.0769. The molecule has 0 spiro atoms. The van der Waals surface area contributed by atoms with E-state index in [2.05, 4.69) is 20.8 Å². The predicted molar refractivity (Wildman–Crippen MR) is 100 cm³/mol. The van der Waals surface area contributed by atoms with Crippen molar-refractivity contribution in [2.45, 2.75) is 31.2 Å². The summed E-state index contributed by atoms with van der Waals surface area (Å²) in [4.78, 5) is 27.3. The van der Waals surface area contributed by atoms with Gasteiger partial charge >= 0.3 is 0 Å². The van der Waals surface area contributed by atoms with Crippen molar-refractivity contribution in [2.75, 3.05) is 50.3 Å². The highest BCUT2D eigenvalue weighted by Gasteiger charge is 2.25. The summed E-state index contributed by atoms with van der Waals surface area (Å²) in [5, 5.41) is 14.9. The van der Waals surface area contributed by atoms with Crippen LogP contribution in [0.3, 0.4) is 0 Å². The molecule has 0 aliphatic carbocycles. The van der Waals surface area contributed by atoms with Gasteiger partial charge in [0.1, 0.15) is 0 Å². The second-order valence-corrected chi connectivity index (χ2v) is 8.42. The topological polar surface area (TPSA) is 91.7 Å². The fourth-order valence-electron chi connectivity index (χ4n) is 2.55. The third-order valence-corrected chi connectivity index (χ3v) is 5.74. The number of nitrogens with zero attached hydrogens (tertiary/aromatic N) is 3. The van der Waals surface area contributed by atoms with Gasteiger partial charge in [0.25, 0.3) is 5.91 Å². The van der Waals surface area contributed by atoms with Gasteiger partial charge in [-0.25, -0.2) is 0 Å². The van der Waals surface area contributed by atoms with Gasteiger partial charge in [0.2, 0.25) is 11.0 Å². The van der Waals surface area contributed by atoms with Crippen LogP contribution >= 0.6 is 23.1 Å². The number of aromatic nitrogens is 2. The van der Waals surface area contributed by atoms with Crippen LogP contribution in [0.5, 0.6) is 0 Å². The van der Waals surface area contributed by atoms with Crippen molar-refractivity contribution in [3.8, 4) is 0 Å². The van der Waals surface area contributed by atoms with Gasteiger partial charge in [-0.15, -0.1) is 10.2 Å². The first kappa shape index (κ1) is 19.9. The number of hydrogen-bond donors (Lipinski definition) is 3. The number of hydrogen-bond acceptors (Lipinski definition) is 7. The number of piperazine rings is 1. The van der Waals surface area contributed by atoms with Crippen molar-refractivity contribution in [3.63, 3.8) is 0 Å². The minimum atomic E-state index is 0.0769. The molecule has 0 aromatic carbocycles. The third-order valence-electron chi connectivity index (χ3n) is 3.74. The van der Waals surface area contributed by atoms with Gasteiger partial charge in [0, 0.05) is 12.6 Å². The van der Waals surface area contributed by atoms with E-state index in [1.165, 1.54) is 28.0 Å². The molecule has 2 rings (SSSR count). The summed E-state index contributed by atoms with van der Waals surface area (Å²) in [6.07, 6.45) is 0. The molecule has 25 heavy (non-hydrogen) atoms. The Labute approximate surface area is 156 Å². The van der Waals surface area contributed by atoms with E-state index in [0.717, 1.165) is 29.1 Å². The number of quaternary nitrogens is 1. The normalized spacial score (nSPS) is 15.4. The Morgan fingerprint density at radius 1 is 1.32 bits per heavy atom. The molecule has 0 saturated carbocycles. The summed E-state index contributed by atoms with van der Waals surface area (Å²) in [5.74, 6) is 0.577. The Hall–Kier alpha value is -1.39. The smallest absolute Gasteiger partial charge is 0.275 e. The molecule has 0 bridgehead atoms. The maximum absolute atomic E-state index is 12.3. The van der Waals surface area contributed by atoms with Crippen molar-refractivity contribution in [1.29, 1.82) is 0 Å². The van der Waals surface area contributed by atoms with E-state index in [9.17, 15) is 9.59 Å². The third kappa shape index (κ3) is 6.79. The Kier molecular flexibility index (Phi) is 7.91. The van der Waals surface area contributed by atoms with E-state index in [4.69, 9.17) is 0 Å². The molecule has 3 N–H and O–H groups in total. The molecule has 1 aliphatic rings. The summed E-state index contributed by atoms with van der Waals surface area (Å²) in [7, 11) is 0. The van der Waals surface area contributed by atoms with Gasteiger partial charge in [-0.1, -0.05) is 23.1 Å². The zero-order valence-electron chi connectivity index (χ0n) is 15.0. The number of carbonyl (C=O) groups excluding carboxylic acids is 2. The quantitative estimate of drug-likeness (QED) is 0.512. The molecule has 10 heteroatoms. The average molecular weight is 388 g/mol. The fraction of sp³-hybridized carbons (Fsp3) is 0.733. The molecule has 2 heterocycles. The SMILES string of the molecule is CCNc1nnc(SCC(=O)N2CC[NH+](CC(=O)NC(C)C)CC2)s1. The van der Waals surface area contributed by atoms with E-state index >= 15 is 0 Å². The van der Waals surface area contributed by atoms with Crippen LogP contribution in [0.2, 0.25) is 0 Å². The number of nitrogens with one attached hydrogen (secondary N) is 3. The molecule has 140 valence electrons. The lowest BCUT2D eigenvalue weighted by Crippen LogP contribution is -3.16. The number of carbonyl (C=O) groups is 2. The van der Waals surface area contributed by atoms with Gasteiger partial charge in [-0.3, -0.25) is 9.59 Å². The largest absolute Gasteiger partial charge is 0.360 e. The molecule has 2 amide bonds. The molecule has 1 fully saturated rings. The molecule has 1 aromatic rings. The van der Waals surface area contributed by atoms with Crippen LogP contribution in [0.1, 0.15) is 20.8 Å². The van der Waals surface area contributed by atoms with Crippen LogP contribution in [0, 0.1) is 0 Å². The lowest BCUT2D eigenvalue weighted by atomic mass is 10.3. The highest BCUT2D eigenvalue weighted by Crippen LogP contribution is 2.25. The Morgan fingerprint density at radius 3 is 2.68 bits per heavy atom. The zero-order valence-corrected chi connectivity index (χ0v) is 16.6. The molecule has 1 saturated heterocycles. The van der Waals surface area contributed by atoms with Gasteiger partial charge in [-0.05, 0) is 20.8 Å². The maximum Gasteiger partial charge on any atom is 0.275 e. The number of anilines is 1. The molecule has 1 aromatic heterocycles. The Balaban J connectivity index is 1.69. The van der Waals surface area contributed by atoms with Crippen LogP contribution < -0.4 is 15.5 Å². The van der Waals surface area contributed by atoms with Crippen LogP contribution in [0.4, 0.5) is 5.13 Å². The van der Waals surface area contributed by atoms with Crippen molar-refractivity contribution in [2.24, 2.45) is 0 Å². The molecule has 8 nitrogen and oxygen atoms in total. The van der Waals surface area contributed by atoms with Gasteiger partial charge in [-0.2, -0.15) is 0 Å². The summed E-state index contributed by atoms with van der Waals surface area (Å²) in [5.41, 5.74) is 0. The predicted octanol–water partition coefficient (Wildman–Crippen LogP) is -0.686. The van der Waals surface area contributed by atoms with Gasteiger partial charge in [0.05, 0.1) is 31.9 Å². The summed E-state index contributed by atoms with van der Waals surface area (Å²) >= 11 is 2.90. The number of thioether (sulfide) groups is 1. The number of amides is 2. The van der Waals surface area contributed by atoms with Gasteiger partial charge in [0.15, 0.2) is 10.9 Å². The number of rotatable bonds is 8. The summed E-state index contributed by atoms with van der Waals surface area (Å²) < 4.78 is 0.805. The van der Waals surface area contributed by atoms with Crippen molar-refractivity contribution in [1.82, 2.24) is 20.4 Å². The summed E-state index contributed by atoms with van der Waals surface area (Å²) in [6.45, 7) is 10.2. The van der Waals surface area contributed by atoms with Crippen LogP contribution in [0.15, 0.2) is 4.34 Å². The molecule has 0 unspecified atom stereocenters. The van der Waals surface area contributed by atoms with E-state index in [0.29, 0.717) is 25.4 Å². The van der Waals surface area contributed by atoms with Crippen molar-refractivity contribution in [3.05, 3.63) is 0 Å². The first-order valence-corrected chi connectivity index (χ1v) is 10.4. The van der Waals surface area contributed by atoms with E-state index in [1.54, 1.807) is 0 Å².